The summed E-state index contributed by atoms with van der Waals surface area (Å²) in [7, 11) is 0. The maximum atomic E-state index is 4.51. The molecule has 0 saturated heterocycles. The average molecular weight is 188 g/mol. The summed E-state index contributed by atoms with van der Waals surface area (Å²) in [5, 5.41) is 0. The molecule has 0 bridgehead atoms. The van der Waals surface area contributed by atoms with E-state index in [-0.39, 0.29) is 5.41 Å². The lowest BCUT2D eigenvalue weighted by molar-refractivity contribution is 0.729. The third kappa shape index (κ3) is 1.10. The average Bonchev–Trinajstić information content (AvgIpc) is 2.28. The molecule has 2 heteroatoms. The van der Waals surface area contributed by atoms with Gasteiger partial charge >= 0.3 is 0 Å². The van der Waals surface area contributed by atoms with Crippen molar-refractivity contribution < 1.29 is 0 Å². The quantitative estimate of drug-likeness (QED) is 0.614. The SMILES string of the molecule is CC1=Nc2nc(C)c(C)cc2C1(C)C. The molecular weight excluding hydrogens is 172 g/mol. The van der Waals surface area contributed by atoms with Crippen LogP contribution >= 0.6 is 0 Å². The van der Waals surface area contributed by atoms with Gasteiger partial charge in [-0.05, 0) is 32.4 Å². The first-order valence-corrected chi connectivity index (χ1v) is 4.97. The molecule has 2 nitrogen and oxygen atoms in total. The molecule has 0 unspecified atom stereocenters. The molecule has 0 fully saturated rings. The van der Waals surface area contributed by atoms with Crippen LogP contribution < -0.4 is 0 Å². The van der Waals surface area contributed by atoms with Crippen LogP contribution in [0.15, 0.2) is 11.1 Å². The van der Waals surface area contributed by atoms with Crippen LogP contribution in [0.4, 0.5) is 5.82 Å². The second-order valence-corrected chi connectivity index (χ2v) is 4.58. The van der Waals surface area contributed by atoms with Gasteiger partial charge in [-0.1, -0.05) is 13.8 Å². The largest absolute Gasteiger partial charge is 0.237 e. The molecule has 0 saturated carbocycles. The fraction of sp³-hybridized carbons (Fsp3) is 0.500. The van der Waals surface area contributed by atoms with E-state index in [2.05, 4.69) is 43.7 Å². The molecule has 74 valence electrons. The maximum absolute atomic E-state index is 4.51. The molecule has 0 atom stereocenters. The summed E-state index contributed by atoms with van der Waals surface area (Å²) in [5.74, 6) is 0.913. The van der Waals surface area contributed by atoms with E-state index >= 15 is 0 Å². The molecule has 1 aromatic rings. The molecule has 0 aromatic carbocycles. The monoisotopic (exact) mass is 188 g/mol. The number of hydrogen-bond donors (Lipinski definition) is 0. The van der Waals surface area contributed by atoms with Gasteiger partial charge in [0.15, 0.2) is 5.82 Å². The second kappa shape index (κ2) is 2.66. The molecular formula is C12H16N2. The predicted molar refractivity (Wildman–Crippen MR) is 59.5 cm³/mol. The number of pyridine rings is 1. The van der Waals surface area contributed by atoms with E-state index in [0.29, 0.717) is 0 Å². The molecule has 2 rings (SSSR count). The summed E-state index contributed by atoms with van der Waals surface area (Å²) >= 11 is 0. The highest BCUT2D eigenvalue weighted by Gasteiger charge is 2.33. The molecule has 1 aliphatic rings. The number of fused-ring (bicyclic) bond motifs is 1. The van der Waals surface area contributed by atoms with E-state index in [1.54, 1.807) is 0 Å². The zero-order valence-electron chi connectivity index (χ0n) is 9.47. The highest BCUT2D eigenvalue weighted by atomic mass is 15.0. The summed E-state index contributed by atoms with van der Waals surface area (Å²) in [6.45, 7) is 10.6. The van der Waals surface area contributed by atoms with Gasteiger partial charge in [0.2, 0.25) is 0 Å². The minimum Gasteiger partial charge on any atom is -0.237 e. The van der Waals surface area contributed by atoms with Crippen molar-refractivity contribution in [1.82, 2.24) is 4.98 Å². The Morgan fingerprint density at radius 2 is 1.79 bits per heavy atom. The van der Waals surface area contributed by atoms with Crippen molar-refractivity contribution in [2.45, 2.75) is 40.0 Å². The topological polar surface area (TPSA) is 25.2 Å². The summed E-state index contributed by atoms with van der Waals surface area (Å²) in [6.07, 6.45) is 0. The molecule has 0 aliphatic carbocycles. The van der Waals surface area contributed by atoms with Gasteiger partial charge in [0.05, 0.1) is 0 Å². The lowest BCUT2D eigenvalue weighted by Crippen LogP contribution is -2.22. The number of aryl methyl sites for hydroxylation is 2. The van der Waals surface area contributed by atoms with Crippen LogP contribution in [0.25, 0.3) is 0 Å². The van der Waals surface area contributed by atoms with Crippen LogP contribution in [0.2, 0.25) is 0 Å². The first-order chi connectivity index (χ1) is 6.43. The van der Waals surface area contributed by atoms with Crippen molar-refractivity contribution in [3.05, 3.63) is 22.9 Å². The van der Waals surface area contributed by atoms with Crippen molar-refractivity contribution >= 4 is 11.5 Å². The Bertz CT molecular complexity index is 428. The van der Waals surface area contributed by atoms with Crippen molar-refractivity contribution in [3.63, 3.8) is 0 Å². The van der Waals surface area contributed by atoms with Crippen molar-refractivity contribution in [3.8, 4) is 0 Å². The van der Waals surface area contributed by atoms with E-state index in [9.17, 15) is 0 Å². The molecule has 0 radical (unpaired) electrons. The summed E-state index contributed by atoms with van der Waals surface area (Å²) in [6, 6.07) is 2.22. The van der Waals surface area contributed by atoms with E-state index in [4.69, 9.17) is 0 Å². The van der Waals surface area contributed by atoms with Gasteiger partial charge in [0.1, 0.15) is 0 Å². The van der Waals surface area contributed by atoms with E-state index in [1.807, 2.05) is 6.92 Å². The summed E-state index contributed by atoms with van der Waals surface area (Å²) < 4.78 is 0. The van der Waals surface area contributed by atoms with Crippen LogP contribution in [-0.4, -0.2) is 10.7 Å². The zero-order chi connectivity index (χ0) is 10.5. The molecule has 0 amide bonds. The number of rotatable bonds is 0. The lowest BCUT2D eigenvalue weighted by atomic mass is 9.82. The third-order valence-corrected chi connectivity index (χ3v) is 3.30. The van der Waals surface area contributed by atoms with Gasteiger partial charge in [-0.25, -0.2) is 9.98 Å². The second-order valence-electron chi connectivity index (χ2n) is 4.58. The van der Waals surface area contributed by atoms with E-state index < -0.39 is 0 Å². The van der Waals surface area contributed by atoms with Crippen LogP contribution in [0.1, 0.15) is 37.6 Å². The van der Waals surface area contributed by atoms with Gasteiger partial charge < -0.3 is 0 Å². The van der Waals surface area contributed by atoms with E-state index in [1.165, 1.54) is 11.1 Å². The third-order valence-electron chi connectivity index (χ3n) is 3.30. The molecule has 0 spiro atoms. The molecule has 14 heavy (non-hydrogen) atoms. The number of aliphatic imine (C=N–C) groups is 1. The fourth-order valence-corrected chi connectivity index (χ4v) is 1.73. The zero-order valence-corrected chi connectivity index (χ0v) is 9.47. The predicted octanol–water partition coefficient (Wildman–Crippen LogP) is 3.08. The Morgan fingerprint density at radius 1 is 1.14 bits per heavy atom. The molecule has 1 aromatic heterocycles. The minimum absolute atomic E-state index is 0.0563. The first kappa shape index (κ1) is 9.38. The smallest absolute Gasteiger partial charge is 0.156 e. The van der Waals surface area contributed by atoms with Gasteiger partial charge in [0, 0.05) is 22.4 Å². The van der Waals surface area contributed by atoms with Crippen molar-refractivity contribution in [2.24, 2.45) is 4.99 Å². The number of aromatic nitrogens is 1. The normalized spacial score (nSPS) is 17.9. The molecule has 0 N–H and O–H groups in total. The fourth-order valence-electron chi connectivity index (χ4n) is 1.73. The Labute approximate surface area is 85.1 Å². The van der Waals surface area contributed by atoms with Gasteiger partial charge in [-0.3, -0.25) is 0 Å². The molecule has 1 aliphatic heterocycles. The Morgan fingerprint density at radius 3 is 2.43 bits per heavy atom. The maximum Gasteiger partial charge on any atom is 0.156 e. The van der Waals surface area contributed by atoms with Crippen LogP contribution in [0, 0.1) is 13.8 Å². The van der Waals surface area contributed by atoms with Gasteiger partial charge in [-0.2, -0.15) is 0 Å². The van der Waals surface area contributed by atoms with Crippen LogP contribution in [0.3, 0.4) is 0 Å². The lowest BCUT2D eigenvalue weighted by Gasteiger charge is -2.19. The summed E-state index contributed by atoms with van der Waals surface area (Å²) in [4.78, 5) is 9.02. The van der Waals surface area contributed by atoms with Crippen LogP contribution in [0.5, 0.6) is 0 Å². The van der Waals surface area contributed by atoms with Gasteiger partial charge in [-0.15, -0.1) is 0 Å². The van der Waals surface area contributed by atoms with Crippen molar-refractivity contribution in [1.29, 1.82) is 0 Å². The Hall–Kier alpha value is -1.18. The first-order valence-electron chi connectivity index (χ1n) is 4.97. The van der Waals surface area contributed by atoms with Crippen LogP contribution in [-0.2, 0) is 5.41 Å². The Balaban J connectivity index is 2.69. The molecule has 2 heterocycles. The number of nitrogens with zero attached hydrogens (tertiary/aromatic N) is 2. The van der Waals surface area contributed by atoms with Crippen molar-refractivity contribution in [2.75, 3.05) is 0 Å². The Kier molecular flexibility index (Phi) is 1.78. The highest BCUT2D eigenvalue weighted by molar-refractivity contribution is 5.98. The van der Waals surface area contributed by atoms with E-state index in [0.717, 1.165) is 17.2 Å². The highest BCUT2D eigenvalue weighted by Crippen LogP contribution is 2.39. The summed E-state index contributed by atoms with van der Waals surface area (Å²) in [5.41, 5.74) is 4.81. The number of hydrogen-bond acceptors (Lipinski definition) is 2. The van der Waals surface area contributed by atoms with Gasteiger partial charge in [0.25, 0.3) is 0 Å². The standard InChI is InChI=1S/C12H16N2/c1-7-6-10-11(13-8(7)2)14-9(3)12(10,4)5/h6H,1-5H3. The minimum atomic E-state index is 0.0563.